The van der Waals surface area contributed by atoms with Crippen molar-refractivity contribution in [3.8, 4) is 11.5 Å². The van der Waals surface area contributed by atoms with Crippen molar-refractivity contribution in [2.75, 3.05) is 11.9 Å². The zero-order valence-electron chi connectivity index (χ0n) is 10.4. The molecule has 0 atom stereocenters. The van der Waals surface area contributed by atoms with Crippen LogP contribution in [0.5, 0.6) is 11.5 Å². The highest BCUT2D eigenvalue weighted by molar-refractivity contribution is 6.42. The molecule has 2 rings (SSSR count). The number of ether oxygens (including phenoxy) is 1. The molecule has 0 radical (unpaired) electrons. The van der Waals surface area contributed by atoms with E-state index in [1.54, 1.807) is 42.5 Å². The highest BCUT2D eigenvalue weighted by Gasteiger charge is 2.04. The number of nitrogens with two attached hydrogens (primary N) is 1. The number of amides is 1. The van der Waals surface area contributed by atoms with Gasteiger partial charge in [-0.05, 0) is 24.3 Å². The molecule has 104 valence electrons. The van der Waals surface area contributed by atoms with E-state index >= 15 is 0 Å². The molecular formula is C14H12Cl2N2O2. The minimum Gasteiger partial charge on any atom is -0.457 e. The molecule has 0 heterocycles. The number of hydrogen-bond donors (Lipinski definition) is 2. The van der Waals surface area contributed by atoms with Gasteiger partial charge in [0.15, 0.2) is 0 Å². The number of rotatable bonds is 4. The Morgan fingerprint density at radius 2 is 1.85 bits per heavy atom. The van der Waals surface area contributed by atoms with Gasteiger partial charge in [0, 0.05) is 17.8 Å². The Balaban J connectivity index is 2.14. The van der Waals surface area contributed by atoms with Crippen LogP contribution in [-0.4, -0.2) is 12.5 Å². The van der Waals surface area contributed by atoms with E-state index in [0.29, 0.717) is 27.2 Å². The van der Waals surface area contributed by atoms with Crippen molar-refractivity contribution in [1.82, 2.24) is 0 Å². The number of nitrogens with one attached hydrogen (secondary N) is 1. The van der Waals surface area contributed by atoms with Crippen LogP contribution in [0.25, 0.3) is 0 Å². The molecule has 0 aromatic heterocycles. The molecule has 1 amide bonds. The summed E-state index contributed by atoms with van der Waals surface area (Å²) in [5.41, 5.74) is 5.85. The van der Waals surface area contributed by atoms with Crippen molar-refractivity contribution in [2.45, 2.75) is 0 Å². The summed E-state index contributed by atoms with van der Waals surface area (Å²) in [6.45, 7) is -0.0716. The van der Waals surface area contributed by atoms with Gasteiger partial charge < -0.3 is 15.8 Å². The van der Waals surface area contributed by atoms with Crippen LogP contribution in [0.2, 0.25) is 10.0 Å². The van der Waals surface area contributed by atoms with E-state index in [9.17, 15) is 4.79 Å². The normalized spacial score (nSPS) is 10.2. The third-order valence-electron chi connectivity index (χ3n) is 2.43. The molecule has 0 unspecified atom stereocenters. The summed E-state index contributed by atoms with van der Waals surface area (Å²) in [7, 11) is 0. The van der Waals surface area contributed by atoms with Gasteiger partial charge >= 0.3 is 0 Å². The lowest BCUT2D eigenvalue weighted by Gasteiger charge is -2.09. The van der Waals surface area contributed by atoms with Crippen LogP contribution in [0.15, 0.2) is 42.5 Å². The Morgan fingerprint density at radius 1 is 1.10 bits per heavy atom. The molecule has 0 spiro atoms. The van der Waals surface area contributed by atoms with Gasteiger partial charge in [0.25, 0.3) is 0 Å². The van der Waals surface area contributed by atoms with Crippen molar-refractivity contribution >= 4 is 34.8 Å². The molecule has 0 fully saturated rings. The summed E-state index contributed by atoms with van der Waals surface area (Å²) in [6.07, 6.45) is 0. The molecule has 2 aromatic carbocycles. The molecule has 3 N–H and O–H groups in total. The highest BCUT2D eigenvalue weighted by Crippen LogP contribution is 2.30. The topological polar surface area (TPSA) is 64.4 Å². The lowest BCUT2D eigenvalue weighted by Crippen LogP contribution is -2.21. The van der Waals surface area contributed by atoms with E-state index in [-0.39, 0.29) is 12.5 Å². The predicted molar refractivity (Wildman–Crippen MR) is 80.7 cm³/mol. The molecule has 6 heteroatoms. The zero-order valence-corrected chi connectivity index (χ0v) is 11.9. The van der Waals surface area contributed by atoms with E-state index in [2.05, 4.69) is 5.32 Å². The maximum Gasteiger partial charge on any atom is 0.238 e. The van der Waals surface area contributed by atoms with Crippen LogP contribution in [-0.2, 0) is 4.79 Å². The Bertz CT molecular complexity index is 632. The van der Waals surface area contributed by atoms with Gasteiger partial charge in [-0.2, -0.15) is 0 Å². The van der Waals surface area contributed by atoms with Crippen LogP contribution in [0.3, 0.4) is 0 Å². The van der Waals surface area contributed by atoms with E-state index in [0.717, 1.165) is 0 Å². The Kier molecular flexibility index (Phi) is 4.84. The third kappa shape index (κ3) is 3.87. The molecule has 2 aromatic rings. The van der Waals surface area contributed by atoms with Crippen LogP contribution < -0.4 is 15.8 Å². The lowest BCUT2D eigenvalue weighted by molar-refractivity contribution is -0.114. The average molecular weight is 311 g/mol. The molecule has 0 bridgehead atoms. The Labute approximate surface area is 126 Å². The van der Waals surface area contributed by atoms with Crippen molar-refractivity contribution < 1.29 is 9.53 Å². The van der Waals surface area contributed by atoms with Crippen LogP contribution >= 0.6 is 23.2 Å². The molecule has 20 heavy (non-hydrogen) atoms. The number of carbonyl (C=O) groups excluding carboxylic acids is 1. The Hall–Kier alpha value is -1.75. The van der Waals surface area contributed by atoms with Crippen LogP contribution in [0.4, 0.5) is 5.69 Å². The van der Waals surface area contributed by atoms with Crippen molar-refractivity contribution in [3.63, 3.8) is 0 Å². The second-order valence-corrected chi connectivity index (χ2v) is 4.77. The van der Waals surface area contributed by atoms with E-state index in [1.165, 1.54) is 0 Å². The monoisotopic (exact) mass is 310 g/mol. The predicted octanol–water partition coefficient (Wildman–Crippen LogP) is 3.68. The third-order valence-corrected chi connectivity index (χ3v) is 3.17. The van der Waals surface area contributed by atoms with Crippen LogP contribution in [0.1, 0.15) is 0 Å². The second-order valence-electron chi connectivity index (χ2n) is 3.96. The summed E-state index contributed by atoms with van der Waals surface area (Å²) in [4.78, 5) is 11.2. The number of benzene rings is 2. The van der Waals surface area contributed by atoms with E-state index in [4.69, 9.17) is 33.7 Å². The summed E-state index contributed by atoms with van der Waals surface area (Å²) in [6, 6.07) is 11.9. The Morgan fingerprint density at radius 3 is 2.55 bits per heavy atom. The number of carbonyl (C=O) groups is 1. The summed E-state index contributed by atoms with van der Waals surface area (Å²) in [5.74, 6) is 0.858. The molecule has 4 nitrogen and oxygen atoms in total. The van der Waals surface area contributed by atoms with Gasteiger partial charge in [0.2, 0.25) is 5.91 Å². The first-order valence-electron chi connectivity index (χ1n) is 5.81. The minimum atomic E-state index is -0.267. The summed E-state index contributed by atoms with van der Waals surface area (Å²) >= 11 is 11.8. The minimum absolute atomic E-state index is 0.0716. The smallest absolute Gasteiger partial charge is 0.238 e. The van der Waals surface area contributed by atoms with E-state index in [1.807, 2.05) is 0 Å². The molecule has 0 saturated carbocycles. The SMILES string of the molecule is NCC(=O)Nc1cccc(Oc2ccc(Cl)c(Cl)c2)c1. The fraction of sp³-hybridized carbons (Fsp3) is 0.0714. The van der Waals surface area contributed by atoms with Crippen molar-refractivity contribution in [1.29, 1.82) is 0 Å². The van der Waals surface area contributed by atoms with E-state index < -0.39 is 0 Å². The summed E-state index contributed by atoms with van der Waals surface area (Å²) in [5, 5.41) is 3.52. The standard InChI is InChI=1S/C14H12Cl2N2O2/c15-12-5-4-11(7-13(12)16)20-10-3-1-2-9(6-10)18-14(19)8-17/h1-7H,8,17H2,(H,18,19). The fourth-order valence-corrected chi connectivity index (χ4v) is 1.81. The van der Waals surface area contributed by atoms with Crippen molar-refractivity contribution in [3.05, 3.63) is 52.5 Å². The maximum atomic E-state index is 11.2. The molecular weight excluding hydrogens is 299 g/mol. The van der Waals surface area contributed by atoms with Gasteiger partial charge in [0.05, 0.1) is 16.6 Å². The molecule has 0 aliphatic heterocycles. The van der Waals surface area contributed by atoms with Gasteiger partial charge in [0.1, 0.15) is 11.5 Å². The average Bonchev–Trinajstić information content (AvgIpc) is 2.43. The van der Waals surface area contributed by atoms with Gasteiger partial charge in [-0.3, -0.25) is 4.79 Å². The first kappa shape index (κ1) is 14.7. The first-order valence-corrected chi connectivity index (χ1v) is 6.57. The van der Waals surface area contributed by atoms with Crippen LogP contribution in [0, 0.1) is 0 Å². The van der Waals surface area contributed by atoms with Crippen molar-refractivity contribution in [2.24, 2.45) is 5.73 Å². The zero-order chi connectivity index (χ0) is 14.5. The van der Waals surface area contributed by atoms with Gasteiger partial charge in [-0.1, -0.05) is 29.3 Å². The number of hydrogen-bond acceptors (Lipinski definition) is 3. The van der Waals surface area contributed by atoms with Gasteiger partial charge in [-0.15, -0.1) is 0 Å². The number of halogens is 2. The first-order chi connectivity index (χ1) is 9.58. The molecule has 0 saturated heterocycles. The maximum absolute atomic E-state index is 11.2. The largest absolute Gasteiger partial charge is 0.457 e. The van der Waals surface area contributed by atoms with Gasteiger partial charge in [-0.25, -0.2) is 0 Å². The quantitative estimate of drug-likeness (QED) is 0.905. The summed E-state index contributed by atoms with van der Waals surface area (Å²) < 4.78 is 5.64. The lowest BCUT2D eigenvalue weighted by atomic mass is 10.3. The number of anilines is 1. The highest BCUT2D eigenvalue weighted by atomic mass is 35.5. The molecule has 0 aliphatic carbocycles. The second kappa shape index (κ2) is 6.61. The fourth-order valence-electron chi connectivity index (χ4n) is 1.53. The molecule has 0 aliphatic rings.